The van der Waals surface area contributed by atoms with Gasteiger partial charge in [-0.3, -0.25) is 0 Å². The molecule has 1 rings (SSSR count). The number of rotatable bonds is 4. The standard InChI is InChI=1S/C7H5BrF2S.C2H2F4S/c8-5-3-1-2-4-6(5)11-7(9)10;3-1(4)7-2(5)6/h1-4,7H;1-2H. The molecule has 0 atom stereocenters. The van der Waals surface area contributed by atoms with E-state index in [1.807, 2.05) is 0 Å². The van der Waals surface area contributed by atoms with Crippen molar-refractivity contribution in [2.24, 2.45) is 0 Å². The SMILES string of the molecule is FC(F)SC(F)F.FC(F)Sc1ccccc1Br. The van der Waals surface area contributed by atoms with Gasteiger partial charge in [-0.05, 0) is 39.8 Å². The molecule has 0 saturated carbocycles. The van der Waals surface area contributed by atoms with Crippen molar-refractivity contribution in [2.45, 2.75) is 22.2 Å². The second kappa shape index (κ2) is 9.85. The smallest absolute Gasteiger partial charge is 0.198 e. The summed E-state index contributed by atoms with van der Waals surface area (Å²) in [5, 5.41) is 0. The molecular formula is C9H7BrF6S2. The highest BCUT2D eigenvalue weighted by atomic mass is 79.9. The van der Waals surface area contributed by atoms with E-state index >= 15 is 0 Å². The topological polar surface area (TPSA) is 0 Å². The molecule has 18 heavy (non-hydrogen) atoms. The molecule has 0 nitrogen and oxygen atoms in total. The van der Waals surface area contributed by atoms with Crippen LogP contribution in [0, 0.1) is 0 Å². The zero-order valence-electron chi connectivity index (χ0n) is 8.50. The largest absolute Gasteiger partial charge is 0.289 e. The second-order valence-corrected chi connectivity index (χ2v) is 5.34. The predicted molar refractivity (Wildman–Crippen MR) is 65.6 cm³/mol. The second-order valence-electron chi connectivity index (χ2n) is 2.47. The summed E-state index contributed by atoms with van der Waals surface area (Å²) in [6.07, 6.45) is 0. The molecular weight excluding hydrogens is 366 g/mol. The molecule has 0 unspecified atom stereocenters. The third-order valence-corrected chi connectivity index (χ3v) is 3.41. The predicted octanol–water partition coefficient (Wildman–Crippen LogP) is 5.93. The first kappa shape index (κ1) is 18.0. The number of thioether (sulfide) groups is 2. The van der Waals surface area contributed by atoms with E-state index in [1.54, 1.807) is 24.3 Å². The van der Waals surface area contributed by atoms with Crippen LogP contribution in [0.15, 0.2) is 33.6 Å². The number of benzene rings is 1. The Morgan fingerprint density at radius 2 is 1.33 bits per heavy atom. The Morgan fingerprint density at radius 1 is 0.833 bits per heavy atom. The maximum atomic E-state index is 11.8. The average Bonchev–Trinajstić information content (AvgIpc) is 2.19. The first-order valence-corrected chi connectivity index (χ1v) is 6.85. The zero-order valence-corrected chi connectivity index (χ0v) is 11.7. The molecule has 0 aliphatic rings. The van der Waals surface area contributed by atoms with Gasteiger partial charge < -0.3 is 0 Å². The summed E-state index contributed by atoms with van der Waals surface area (Å²) in [4.78, 5) is 0.572. The van der Waals surface area contributed by atoms with Gasteiger partial charge in [0, 0.05) is 9.37 Å². The van der Waals surface area contributed by atoms with Crippen molar-refractivity contribution >= 4 is 39.5 Å². The molecule has 0 saturated heterocycles. The van der Waals surface area contributed by atoms with Gasteiger partial charge in [0.05, 0.1) is 0 Å². The molecule has 1 aromatic rings. The average molecular weight is 373 g/mol. The minimum atomic E-state index is -2.96. The third kappa shape index (κ3) is 9.95. The van der Waals surface area contributed by atoms with Crippen LogP contribution < -0.4 is 0 Å². The Labute approximate surface area is 117 Å². The molecule has 0 amide bonds. The van der Waals surface area contributed by atoms with E-state index in [2.05, 4.69) is 15.9 Å². The van der Waals surface area contributed by atoms with Crippen molar-refractivity contribution < 1.29 is 26.3 Å². The highest BCUT2D eigenvalue weighted by molar-refractivity contribution is 9.10. The molecule has 0 aromatic heterocycles. The van der Waals surface area contributed by atoms with E-state index in [9.17, 15) is 26.3 Å². The Morgan fingerprint density at radius 3 is 1.67 bits per heavy atom. The van der Waals surface area contributed by atoms with E-state index in [4.69, 9.17) is 0 Å². The van der Waals surface area contributed by atoms with Gasteiger partial charge in [-0.15, -0.1) is 0 Å². The highest BCUT2D eigenvalue weighted by Gasteiger charge is 2.11. The van der Waals surface area contributed by atoms with E-state index < -0.39 is 29.0 Å². The van der Waals surface area contributed by atoms with Gasteiger partial charge in [-0.25, -0.2) is 0 Å². The fourth-order valence-corrected chi connectivity index (χ4v) is 1.96. The van der Waals surface area contributed by atoms with Crippen LogP contribution in [0.1, 0.15) is 0 Å². The minimum absolute atomic E-state index is 0.545. The fourth-order valence-electron chi connectivity index (χ4n) is 0.714. The molecule has 0 aliphatic carbocycles. The van der Waals surface area contributed by atoms with Crippen LogP contribution in [0.4, 0.5) is 26.3 Å². The monoisotopic (exact) mass is 372 g/mol. The van der Waals surface area contributed by atoms with Crippen molar-refractivity contribution in [3.8, 4) is 0 Å². The summed E-state index contributed by atoms with van der Waals surface area (Å²) in [5.41, 5.74) is 0. The molecule has 0 radical (unpaired) electrons. The van der Waals surface area contributed by atoms with Gasteiger partial charge in [0.2, 0.25) is 0 Å². The van der Waals surface area contributed by atoms with Crippen LogP contribution in [0.3, 0.4) is 0 Å². The molecule has 9 heteroatoms. The van der Waals surface area contributed by atoms with Crippen LogP contribution >= 0.6 is 39.5 Å². The summed E-state index contributed by atoms with van der Waals surface area (Å²) in [5.74, 6) is -8.27. The van der Waals surface area contributed by atoms with Crippen LogP contribution in [-0.2, 0) is 0 Å². The summed E-state index contributed by atoms with van der Waals surface area (Å²) in [6, 6.07) is 6.92. The summed E-state index contributed by atoms with van der Waals surface area (Å²) < 4.78 is 67.5. The molecule has 0 bridgehead atoms. The first-order valence-electron chi connectivity index (χ1n) is 4.24. The van der Waals surface area contributed by atoms with E-state index in [-0.39, 0.29) is 0 Å². The molecule has 0 aliphatic heterocycles. The van der Waals surface area contributed by atoms with Crippen LogP contribution in [-0.4, -0.2) is 17.3 Å². The molecule has 1 aromatic carbocycles. The number of halogens is 7. The molecule has 0 fully saturated rings. The maximum absolute atomic E-state index is 11.8. The lowest BCUT2D eigenvalue weighted by Crippen LogP contribution is -1.87. The third-order valence-electron chi connectivity index (χ3n) is 1.26. The highest BCUT2D eigenvalue weighted by Crippen LogP contribution is 2.31. The molecule has 0 spiro atoms. The summed E-state index contributed by atoms with van der Waals surface area (Å²) in [6.45, 7) is 0. The zero-order chi connectivity index (χ0) is 14.1. The Hall–Kier alpha value is -0.0200. The van der Waals surface area contributed by atoms with Crippen LogP contribution in [0.2, 0.25) is 0 Å². The van der Waals surface area contributed by atoms with Crippen molar-refractivity contribution in [1.82, 2.24) is 0 Å². The maximum Gasteiger partial charge on any atom is 0.289 e. The van der Waals surface area contributed by atoms with E-state index in [1.165, 1.54) is 0 Å². The van der Waals surface area contributed by atoms with Gasteiger partial charge in [0.15, 0.2) is 0 Å². The van der Waals surface area contributed by atoms with E-state index in [0.717, 1.165) is 0 Å². The molecule has 104 valence electrons. The van der Waals surface area contributed by atoms with Gasteiger partial charge in [-0.2, -0.15) is 26.3 Å². The number of hydrogen-bond acceptors (Lipinski definition) is 2. The minimum Gasteiger partial charge on any atom is -0.198 e. The lowest BCUT2D eigenvalue weighted by atomic mass is 10.4. The van der Waals surface area contributed by atoms with Crippen molar-refractivity contribution in [3.05, 3.63) is 28.7 Å². The summed E-state index contributed by atoms with van der Waals surface area (Å²) >= 11 is 3.06. The van der Waals surface area contributed by atoms with Crippen molar-refractivity contribution in [3.63, 3.8) is 0 Å². The van der Waals surface area contributed by atoms with Gasteiger partial charge in [0.1, 0.15) is 0 Å². The summed E-state index contributed by atoms with van der Waals surface area (Å²) in [7, 11) is 0. The molecule has 0 heterocycles. The lowest BCUT2D eigenvalue weighted by Gasteiger charge is -2.00. The Bertz CT molecular complexity index is 331. The first-order chi connectivity index (χ1) is 8.32. The normalized spacial score (nSPS) is 10.8. The van der Waals surface area contributed by atoms with Crippen molar-refractivity contribution in [1.29, 1.82) is 0 Å². The fraction of sp³-hybridized carbons (Fsp3) is 0.333. The lowest BCUT2D eigenvalue weighted by molar-refractivity contribution is 0.218. The Balaban J connectivity index is 0.000000360. The van der Waals surface area contributed by atoms with Crippen LogP contribution in [0.5, 0.6) is 0 Å². The van der Waals surface area contributed by atoms with E-state index in [0.29, 0.717) is 21.1 Å². The van der Waals surface area contributed by atoms with Crippen molar-refractivity contribution in [2.75, 3.05) is 0 Å². The van der Waals surface area contributed by atoms with Crippen LogP contribution in [0.25, 0.3) is 0 Å². The Kier molecular flexibility index (Phi) is 9.84. The van der Waals surface area contributed by atoms with Gasteiger partial charge >= 0.3 is 0 Å². The van der Waals surface area contributed by atoms with Gasteiger partial charge in [0.25, 0.3) is 17.3 Å². The van der Waals surface area contributed by atoms with Gasteiger partial charge in [-0.1, -0.05) is 23.9 Å². The quantitative estimate of drug-likeness (QED) is 0.474. The number of alkyl halides is 6. The number of hydrogen-bond donors (Lipinski definition) is 0. The molecule has 0 N–H and O–H groups in total.